The van der Waals surface area contributed by atoms with E-state index in [-0.39, 0.29) is 60.7 Å². The summed E-state index contributed by atoms with van der Waals surface area (Å²) in [5.41, 5.74) is 0. The Morgan fingerprint density at radius 3 is 1.09 bits per heavy atom. The van der Waals surface area contributed by atoms with Gasteiger partial charge in [-0.3, -0.25) is 0 Å². The molecule has 0 aromatic heterocycles. The number of carboxylic acids is 2. The normalized spacial score (nSPS) is 8.82. The molecule has 0 unspecified atom stereocenters. The van der Waals surface area contributed by atoms with Crippen molar-refractivity contribution in [3.05, 3.63) is 0 Å². The number of carbonyl (C=O) groups is 2. The largest absolute Gasteiger partial charge is 1.00 e. The van der Waals surface area contributed by atoms with E-state index in [1.807, 2.05) is 0 Å². The fraction of sp³-hybridized carbons (Fsp3) is 0.875. The molecule has 0 saturated heterocycles. The molecule has 0 N–H and O–H groups in total. The van der Waals surface area contributed by atoms with Crippen LogP contribution in [0.3, 0.4) is 0 Å². The third-order valence-corrected chi connectivity index (χ3v) is 2.97. The Morgan fingerprint density at radius 2 is 0.864 bits per heavy atom. The summed E-state index contributed by atoms with van der Waals surface area (Å²) in [7, 11) is 0. The molecular weight excluding hydrogens is 494 g/mol. The van der Waals surface area contributed by atoms with Gasteiger partial charge in [0.25, 0.3) is 0 Å². The average molecular weight is 524 g/mol. The second-order valence-electron chi connectivity index (χ2n) is 5.07. The maximum absolute atomic E-state index is 9.92. The van der Waals surface area contributed by atoms with Crippen LogP contribution >= 0.6 is 0 Å². The van der Waals surface area contributed by atoms with Gasteiger partial charge < -0.3 is 19.8 Å². The quantitative estimate of drug-likeness (QED) is 0.286. The van der Waals surface area contributed by atoms with Crippen LogP contribution in [0.25, 0.3) is 0 Å². The van der Waals surface area contributed by atoms with Crippen molar-refractivity contribution in [2.24, 2.45) is 0 Å². The van der Waals surface area contributed by atoms with Gasteiger partial charge in [0.05, 0.1) is 0 Å². The van der Waals surface area contributed by atoms with Crippen molar-refractivity contribution in [1.29, 1.82) is 0 Å². The summed E-state index contributed by atoms with van der Waals surface area (Å²) in [5.74, 6) is -1.84. The molecule has 0 aromatic carbocycles. The van der Waals surface area contributed by atoms with Crippen LogP contribution in [0, 0.1) is 0 Å². The molecule has 0 amide bonds. The van der Waals surface area contributed by atoms with Crippen LogP contribution in [0.2, 0.25) is 0 Å². The smallest absolute Gasteiger partial charge is 0.550 e. The Bertz CT molecular complexity index is 212. The Labute approximate surface area is 169 Å². The van der Waals surface area contributed by atoms with Crippen molar-refractivity contribution in [3.8, 4) is 0 Å². The molecule has 0 fully saturated rings. The van der Waals surface area contributed by atoms with Gasteiger partial charge in [0.15, 0.2) is 0 Å². The van der Waals surface area contributed by atoms with Crippen molar-refractivity contribution in [2.75, 3.05) is 0 Å². The van der Waals surface area contributed by atoms with Gasteiger partial charge in [-0.25, -0.2) is 0 Å². The Hall–Kier alpha value is 0.537. The first-order valence-electron chi connectivity index (χ1n) is 7.94. The third-order valence-electron chi connectivity index (χ3n) is 2.97. The molecule has 0 saturated carbocycles. The molecule has 126 valence electrons. The third kappa shape index (κ3) is 37.1. The molecule has 4 nitrogen and oxygen atoms in total. The van der Waals surface area contributed by atoms with Crippen molar-refractivity contribution in [2.45, 2.75) is 90.9 Å². The van der Waals surface area contributed by atoms with Gasteiger partial charge in [0, 0.05) is 11.9 Å². The summed E-state index contributed by atoms with van der Waals surface area (Å²) in [6.07, 6.45) is 11.2. The summed E-state index contributed by atoms with van der Waals surface area (Å²) >= 11 is 0. The fourth-order valence-corrected chi connectivity index (χ4v) is 1.75. The first-order valence-corrected chi connectivity index (χ1v) is 7.94. The van der Waals surface area contributed by atoms with E-state index in [1.54, 1.807) is 0 Å². The minimum absolute atomic E-state index is 0. The number of aliphatic carboxylic acids is 2. The van der Waals surface area contributed by atoms with E-state index >= 15 is 0 Å². The van der Waals surface area contributed by atoms with Crippen molar-refractivity contribution < 1.29 is 19.8 Å². The van der Waals surface area contributed by atoms with E-state index in [1.165, 1.54) is 25.7 Å². The number of carbonyl (C=O) groups excluding carboxylic acids is 2. The van der Waals surface area contributed by atoms with Crippen LogP contribution in [0.5, 0.6) is 0 Å². The number of unbranched alkanes of at least 4 members (excludes halogenated alkanes) is 8. The predicted molar refractivity (Wildman–Crippen MR) is 88.3 cm³/mol. The van der Waals surface area contributed by atoms with Crippen molar-refractivity contribution in [1.82, 2.24) is 0 Å². The summed E-state index contributed by atoms with van der Waals surface area (Å²) < 4.78 is 0. The molecule has 0 heterocycles. The molecule has 22 heavy (non-hydrogen) atoms. The molecule has 0 atom stereocenters. The Kier molecular flexibility index (Phi) is 36.6. The van der Waals surface area contributed by atoms with Crippen molar-refractivity contribution >= 4 is 59.8 Å². The van der Waals surface area contributed by atoms with Gasteiger partial charge in [-0.1, -0.05) is 65.2 Å². The number of hydrogen-bond donors (Lipinski definition) is 0. The summed E-state index contributed by atoms with van der Waals surface area (Å²) in [6.45, 7) is 4.28. The zero-order chi connectivity index (χ0) is 15.6. The summed E-state index contributed by atoms with van der Waals surface area (Å²) in [5, 5.41) is 19.8. The molecule has 6 radical (unpaired) electrons. The van der Waals surface area contributed by atoms with Crippen LogP contribution in [-0.4, -0.2) is 59.8 Å². The second kappa shape index (κ2) is 26.4. The summed E-state index contributed by atoms with van der Waals surface area (Å²) in [6, 6.07) is 0. The van der Waals surface area contributed by atoms with Crippen LogP contribution in [0.1, 0.15) is 90.9 Å². The summed E-state index contributed by atoms with van der Waals surface area (Å²) in [4.78, 5) is 19.8. The van der Waals surface area contributed by atoms with E-state index in [0.29, 0.717) is 0 Å². The zero-order valence-corrected chi connectivity index (χ0v) is 19.8. The first kappa shape index (κ1) is 30.4. The van der Waals surface area contributed by atoms with Crippen LogP contribution < -0.4 is 10.2 Å². The van der Waals surface area contributed by atoms with Crippen LogP contribution in [-0.2, 0) is 9.59 Å². The Balaban J connectivity index is -0.000000135. The molecule has 0 rings (SSSR count). The van der Waals surface area contributed by atoms with E-state index < -0.39 is 11.9 Å². The standard InChI is InChI=1S/2C8H16O2.2Sn/c2*1-2-3-4-5-6-7-8(9)10;;/h2*2-7H2,1H3,(H,9,10);;/q;;2*+1/p-2. The number of carboxylic acid groups (broad SMARTS) is 2. The van der Waals surface area contributed by atoms with Gasteiger partial charge in [-0.05, 0) is 25.7 Å². The molecule has 0 aromatic rings. The monoisotopic (exact) mass is 526 g/mol. The van der Waals surface area contributed by atoms with E-state index in [2.05, 4.69) is 13.8 Å². The van der Waals surface area contributed by atoms with Crippen LogP contribution in [0.4, 0.5) is 0 Å². The number of hydrogen-bond acceptors (Lipinski definition) is 4. The SMILES string of the molecule is CCCCCCCC(=O)[O-].CCCCCCCC(=O)[O-].[Sn+].[Sn+]. The molecule has 0 aliphatic carbocycles. The van der Waals surface area contributed by atoms with Gasteiger partial charge in [-0.2, -0.15) is 0 Å². The van der Waals surface area contributed by atoms with Gasteiger partial charge >= 0.3 is 47.8 Å². The second-order valence-corrected chi connectivity index (χ2v) is 5.07. The van der Waals surface area contributed by atoms with Gasteiger partial charge in [0.1, 0.15) is 0 Å². The van der Waals surface area contributed by atoms with Crippen LogP contribution in [0.15, 0.2) is 0 Å². The molecule has 0 aliphatic heterocycles. The fourth-order valence-electron chi connectivity index (χ4n) is 1.75. The van der Waals surface area contributed by atoms with Gasteiger partial charge in [0.2, 0.25) is 0 Å². The van der Waals surface area contributed by atoms with E-state index in [0.717, 1.165) is 38.5 Å². The average Bonchev–Trinajstić information content (AvgIpc) is 2.38. The molecule has 0 spiro atoms. The van der Waals surface area contributed by atoms with Gasteiger partial charge in [-0.15, -0.1) is 0 Å². The predicted octanol–water partition coefficient (Wildman–Crippen LogP) is 1.43. The minimum Gasteiger partial charge on any atom is -0.550 e. The topological polar surface area (TPSA) is 80.3 Å². The number of rotatable bonds is 12. The van der Waals surface area contributed by atoms with E-state index in [4.69, 9.17) is 0 Å². The van der Waals surface area contributed by atoms with E-state index in [9.17, 15) is 19.8 Å². The first-order chi connectivity index (χ1) is 9.54. The van der Waals surface area contributed by atoms with Crippen molar-refractivity contribution in [3.63, 3.8) is 0 Å². The minimum atomic E-state index is -0.920. The maximum atomic E-state index is 9.92. The molecular formula is C16H30O4Sn2. The molecule has 0 aliphatic rings. The Morgan fingerprint density at radius 1 is 0.591 bits per heavy atom. The molecule has 6 heteroatoms. The zero-order valence-electron chi connectivity index (χ0n) is 14.1. The maximum Gasteiger partial charge on any atom is 1.00 e. The molecule has 0 bridgehead atoms.